The highest BCUT2D eigenvalue weighted by Crippen LogP contribution is 2.23. The van der Waals surface area contributed by atoms with Gasteiger partial charge in [0.1, 0.15) is 97.7 Å². The third kappa shape index (κ3) is 35.6. The number of benzene rings is 2. The van der Waals surface area contributed by atoms with E-state index in [1.165, 1.54) is 159 Å². The summed E-state index contributed by atoms with van der Waals surface area (Å²) in [5.74, 6) is -19.0. The van der Waals surface area contributed by atoms with Crippen LogP contribution in [0.4, 0.5) is 0 Å². The first-order valence-electron chi connectivity index (χ1n) is 44.1. The predicted molar refractivity (Wildman–Crippen MR) is 495 cm³/mol. The molecule has 750 valence electrons. The molecule has 0 aliphatic rings. The molecule has 135 heavy (non-hydrogen) atoms. The zero-order valence-corrected chi connectivity index (χ0v) is 81.9. The van der Waals surface area contributed by atoms with E-state index in [2.05, 4.69) is 106 Å². The maximum absolute atomic E-state index is 14.3. The van der Waals surface area contributed by atoms with Gasteiger partial charge in [-0.1, -0.05) is 69.3 Å². The second kappa shape index (κ2) is 48.1. The van der Waals surface area contributed by atoms with Crippen LogP contribution in [0, 0.1) is 5.92 Å². The second-order valence-electron chi connectivity index (χ2n) is 39.1. The fraction of sp³-hybridized carbons (Fsp3) is 0.611. The van der Waals surface area contributed by atoms with Gasteiger partial charge < -0.3 is 128 Å². The van der Waals surface area contributed by atoms with Crippen molar-refractivity contribution in [3.63, 3.8) is 0 Å². The van der Waals surface area contributed by atoms with Crippen molar-refractivity contribution in [2.24, 2.45) is 17.4 Å². The van der Waals surface area contributed by atoms with Crippen LogP contribution in [0.15, 0.2) is 60.8 Å². The third-order valence-electron chi connectivity index (χ3n) is 21.9. The molecule has 45 heteroatoms. The number of carbonyl (C=O) groups is 21. The molecule has 0 aliphatic heterocycles. The number of rotatable bonds is 52. The summed E-state index contributed by atoms with van der Waals surface area (Å²) in [5, 5.41) is 69.1. The van der Waals surface area contributed by atoms with Gasteiger partial charge in [-0.05, 0) is 201 Å². The number of primary amides is 2. The molecule has 0 aliphatic carbocycles. The number of hydrogen-bond acceptors (Lipinski definition) is 23. The van der Waals surface area contributed by atoms with Crippen molar-refractivity contribution >= 4 is 135 Å². The van der Waals surface area contributed by atoms with Crippen molar-refractivity contribution in [3.8, 4) is 0 Å². The van der Waals surface area contributed by atoms with Crippen LogP contribution in [-0.2, 0) is 114 Å². The van der Waals surface area contributed by atoms with Crippen LogP contribution in [0.1, 0.15) is 223 Å². The Balaban J connectivity index is 1.59. The quantitative estimate of drug-likeness (QED) is 0.0255. The Bertz CT molecular complexity index is 4880. The predicted octanol–water partition coefficient (Wildman–Crippen LogP) is -4.09. The number of amides is 21. The van der Waals surface area contributed by atoms with Crippen LogP contribution in [0.2, 0.25) is 0 Å². The molecule has 3 rings (SSSR count). The van der Waals surface area contributed by atoms with Crippen LogP contribution >= 0.6 is 0 Å². The van der Waals surface area contributed by atoms with Crippen molar-refractivity contribution in [1.29, 1.82) is 0 Å². The number of H-pyrrole nitrogens is 1. The van der Waals surface area contributed by atoms with Gasteiger partial charge in [-0.3, -0.25) is 101 Å². The third-order valence-corrected chi connectivity index (χ3v) is 21.9. The lowest BCUT2D eigenvalue weighted by Crippen LogP contribution is -2.69. The Hall–Kier alpha value is -13.2. The maximum Gasteiger partial charge on any atom is 0.246 e. The summed E-state index contributed by atoms with van der Waals surface area (Å²) in [4.78, 5) is 288. The highest BCUT2D eigenvalue weighted by atomic mass is 16.3. The molecular formula is C90H142N22O23. The molecule has 21 amide bonds. The average molecular weight is 1900 g/mol. The number of aliphatic hydroxyl groups is 2. The summed E-state index contributed by atoms with van der Waals surface area (Å²) in [6.07, 6.45) is 0.362. The summed E-state index contributed by atoms with van der Waals surface area (Å²) in [6.45, 7) is 30.9. The van der Waals surface area contributed by atoms with Crippen LogP contribution in [-0.4, -0.2) is 263 Å². The molecule has 0 radical (unpaired) electrons. The van der Waals surface area contributed by atoms with Gasteiger partial charge in [0.25, 0.3) is 0 Å². The van der Waals surface area contributed by atoms with Crippen molar-refractivity contribution in [3.05, 3.63) is 71.9 Å². The van der Waals surface area contributed by atoms with Crippen molar-refractivity contribution < 1.29 is 111 Å². The first kappa shape index (κ1) is 116. The SMILES string of the molecule is CC[C@@](C)(NC(=O)C(C)(C)NC(=O)[C@H](CO)NC(=O)C(C)(C)NC(=O)[C@@H](Cc1ccccc1)NC(C)=O)C(=O)N[C@H](CC(C)C)C(=O)N[C@H](CCC(N)=O)C(=O)NCC(=O)NC(C)(C)C(=O)NC(C)(C)C(=O)N[C@H](C)C(=O)N[C@H](C)C(=O)NC(C)(C)C(=O)NC(C)(C)C(=O)NC(C)(C)C(=O)NC(C)(C)C(=O)NC(C)(C)C(=O)N[C@@H](CCC(N)=O)C(=O)N[C@@H](CO)Cc1c[nH]c2ccccc12. The zero-order valence-electron chi connectivity index (χ0n) is 81.9. The van der Waals surface area contributed by atoms with Crippen LogP contribution in [0.25, 0.3) is 10.9 Å². The molecule has 0 saturated carbocycles. The monoisotopic (exact) mass is 1900 g/mol. The van der Waals surface area contributed by atoms with E-state index < -0.39 is 260 Å². The Morgan fingerprint density at radius 3 is 1.18 bits per heavy atom. The number of nitrogens with two attached hydrogens (primary N) is 2. The van der Waals surface area contributed by atoms with E-state index in [1.54, 1.807) is 50.4 Å². The lowest BCUT2D eigenvalue weighted by molar-refractivity contribution is -0.142. The van der Waals surface area contributed by atoms with Crippen LogP contribution in [0.5, 0.6) is 0 Å². The number of aliphatic hydroxyl groups excluding tert-OH is 2. The average Bonchev–Trinajstić information content (AvgIpc) is 1.03. The topological polar surface area (TPSA) is 695 Å². The maximum atomic E-state index is 14.3. The molecule has 0 bridgehead atoms. The number of fused-ring (bicyclic) bond motifs is 1. The minimum Gasteiger partial charge on any atom is -0.394 e. The Kier molecular flexibility index (Phi) is 41.3. The highest BCUT2D eigenvalue weighted by molar-refractivity contribution is 6.05. The molecule has 0 spiro atoms. The van der Waals surface area contributed by atoms with Gasteiger partial charge in [0.15, 0.2) is 0 Å². The van der Waals surface area contributed by atoms with Gasteiger partial charge in [-0.2, -0.15) is 0 Å². The van der Waals surface area contributed by atoms with E-state index in [1.807, 2.05) is 24.3 Å². The van der Waals surface area contributed by atoms with Gasteiger partial charge in [0, 0.05) is 43.3 Å². The molecule has 1 heterocycles. The molecule has 9 atom stereocenters. The first-order valence-corrected chi connectivity index (χ1v) is 44.1. The number of para-hydroxylation sites is 1. The molecule has 45 nitrogen and oxygen atoms in total. The first-order chi connectivity index (χ1) is 61.8. The lowest BCUT2D eigenvalue weighted by Gasteiger charge is -2.37. The van der Waals surface area contributed by atoms with Gasteiger partial charge in [0.2, 0.25) is 124 Å². The van der Waals surface area contributed by atoms with Crippen molar-refractivity contribution in [2.45, 2.75) is 328 Å². The smallest absolute Gasteiger partial charge is 0.246 e. The number of hydrogen-bond donors (Lipinski definition) is 24. The Morgan fingerprint density at radius 1 is 0.356 bits per heavy atom. The molecule has 1 aromatic heterocycles. The molecule has 2 aromatic carbocycles. The summed E-state index contributed by atoms with van der Waals surface area (Å²) in [7, 11) is 0. The van der Waals surface area contributed by atoms with Gasteiger partial charge in [-0.25, -0.2) is 0 Å². The number of carbonyl (C=O) groups excluding carboxylic acids is 21. The number of aromatic nitrogens is 1. The Labute approximate surface area is 785 Å². The largest absolute Gasteiger partial charge is 0.394 e. The summed E-state index contributed by atoms with van der Waals surface area (Å²) < 4.78 is 0. The molecule has 3 aromatic rings. The van der Waals surface area contributed by atoms with E-state index in [4.69, 9.17) is 11.5 Å². The molecule has 0 unspecified atom stereocenters. The minimum absolute atomic E-state index is 0.0669. The normalized spacial score (nSPS) is 14.3. The van der Waals surface area contributed by atoms with E-state index in [0.717, 1.165) is 16.5 Å². The molecular weight excluding hydrogens is 1760 g/mol. The highest BCUT2D eigenvalue weighted by Gasteiger charge is 2.48. The number of aromatic amines is 1. The van der Waals surface area contributed by atoms with Crippen LogP contribution in [0.3, 0.4) is 0 Å². The summed E-state index contributed by atoms with van der Waals surface area (Å²) >= 11 is 0. The fourth-order valence-corrected chi connectivity index (χ4v) is 12.8. The van der Waals surface area contributed by atoms with E-state index >= 15 is 0 Å². The standard InChI is InChI=1S/C90H142N22O23/c1-26-90(25,112-79(134)86(17,18)106-70(125)60(46-114)102-72(127)81(7,8)105-69(124)59(97-50(6)115)41-51-32-28-27-29-33-51)80(135)101-58(40-47(2)3)68(123)99-56(36-38-61(91)116)66(121)94-44-63(118)103-84(13,14)74(129)107-82(9,10)71(126)96-48(4)64(119)95-49(5)65(120)104-85(15,16)75(130)109-88(21,22)77(132)111-89(23,24)78(133)110-87(19,20)76(131)108-83(11,12)73(128)100-57(37-39-62(92)117)67(122)98-53(45-113)42-52-43-93-55-35-31-30-34-54(52)55/h27-35,43,47-49,53,56-60,93,113-114H,26,36-42,44-46H2,1-25H3,(H2,91,116)(H2,92,117)(H,94,121)(H,95,119)(H,96,126)(H,97,115)(H,98,122)(H,99,123)(H,100,128)(H,101,135)(H,102,127)(H,103,118)(H,104,120)(H,105,124)(H,106,125)(H,107,129)(H,108,131)(H,109,130)(H,110,133)(H,111,132)(H,112,134)/t48-,49-,53-,56-,57+,58-,59-,60+,90-/m1/s1. The second-order valence-corrected chi connectivity index (χ2v) is 39.1. The van der Waals surface area contributed by atoms with E-state index in [-0.39, 0.29) is 44.4 Å². The van der Waals surface area contributed by atoms with Gasteiger partial charge >= 0.3 is 0 Å². The van der Waals surface area contributed by atoms with Crippen molar-refractivity contribution in [2.75, 3.05) is 19.8 Å². The zero-order chi connectivity index (χ0) is 104. The van der Waals surface area contributed by atoms with E-state index in [9.17, 15) is 111 Å². The molecule has 26 N–H and O–H groups in total. The molecule has 0 fully saturated rings. The summed E-state index contributed by atoms with van der Waals surface area (Å²) in [6, 6.07) is 5.34. The lowest BCUT2D eigenvalue weighted by atomic mass is 9.93. The van der Waals surface area contributed by atoms with Gasteiger partial charge in [0.05, 0.1) is 25.8 Å². The van der Waals surface area contributed by atoms with Gasteiger partial charge in [-0.15, -0.1) is 0 Å². The van der Waals surface area contributed by atoms with Crippen molar-refractivity contribution in [1.82, 2.24) is 106 Å². The number of nitrogens with one attached hydrogen (secondary N) is 20. The Morgan fingerprint density at radius 2 is 0.733 bits per heavy atom. The summed E-state index contributed by atoms with van der Waals surface area (Å²) in [5.41, 5.74) is -5.02. The molecule has 0 saturated heterocycles. The minimum atomic E-state index is -1.88. The van der Waals surface area contributed by atoms with Crippen LogP contribution < -0.4 is 112 Å². The fourth-order valence-electron chi connectivity index (χ4n) is 12.8. The van der Waals surface area contributed by atoms with E-state index in [0.29, 0.717) is 5.56 Å².